The minimum absolute atomic E-state index is 0.174. The number of sulfonamides is 1. The van der Waals surface area contributed by atoms with E-state index in [-0.39, 0.29) is 4.90 Å². The van der Waals surface area contributed by atoms with Crippen molar-refractivity contribution in [3.05, 3.63) is 78.9 Å². The molecule has 0 aliphatic heterocycles. The molecule has 1 aromatic heterocycles. The summed E-state index contributed by atoms with van der Waals surface area (Å²) in [5.41, 5.74) is 2.14. The lowest BCUT2D eigenvalue weighted by Crippen LogP contribution is -2.12. The zero-order valence-electron chi connectivity index (χ0n) is 15.3. The molecule has 28 heavy (non-hydrogen) atoms. The van der Waals surface area contributed by atoms with E-state index < -0.39 is 10.0 Å². The molecule has 0 bridgehead atoms. The molecule has 0 aliphatic rings. The summed E-state index contributed by atoms with van der Waals surface area (Å²) in [6.45, 7) is 2.40. The van der Waals surface area contributed by atoms with Gasteiger partial charge in [-0.2, -0.15) is 0 Å². The van der Waals surface area contributed by atoms with Gasteiger partial charge < -0.3 is 9.15 Å². The largest absolute Gasteiger partial charge is 0.494 e. The summed E-state index contributed by atoms with van der Waals surface area (Å²) in [4.78, 5) is 0.174. The quantitative estimate of drug-likeness (QED) is 0.483. The molecule has 142 valence electrons. The molecule has 0 radical (unpaired) electrons. The highest BCUT2D eigenvalue weighted by molar-refractivity contribution is 7.92. The third kappa shape index (κ3) is 3.73. The summed E-state index contributed by atoms with van der Waals surface area (Å²) >= 11 is 0. The van der Waals surface area contributed by atoms with Crippen LogP contribution >= 0.6 is 0 Å². The summed E-state index contributed by atoms with van der Waals surface area (Å²) in [5.74, 6) is 1.37. The van der Waals surface area contributed by atoms with Crippen molar-refractivity contribution in [2.24, 2.45) is 0 Å². The number of ether oxygens (including phenoxy) is 1. The molecule has 0 atom stereocenters. The van der Waals surface area contributed by atoms with Gasteiger partial charge >= 0.3 is 0 Å². The third-order valence-corrected chi connectivity index (χ3v) is 5.67. The zero-order valence-corrected chi connectivity index (χ0v) is 16.1. The maximum Gasteiger partial charge on any atom is 0.261 e. The van der Waals surface area contributed by atoms with Crippen LogP contribution in [-0.2, 0) is 10.0 Å². The first-order valence-corrected chi connectivity index (χ1v) is 10.4. The van der Waals surface area contributed by atoms with Gasteiger partial charge in [0, 0.05) is 16.6 Å². The fourth-order valence-corrected chi connectivity index (χ4v) is 4.00. The van der Waals surface area contributed by atoms with Gasteiger partial charge in [0.1, 0.15) is 17.1 Å². The predicted molar refractivity (Wildman–Crippen MR) is 110 cm³/mol. The van der Waals surface area contributed by atoms with Crippen molar-refractivity contribution in [3.63, 3.8) is 0 Å². The lowest BCUT2D eigenvalue weighted by molar-refractivity contribution is 0.340. The Morgan fingerprint density at radius 3 is 2.39 bits per heavy atom. The van der Waals surface area contributed by atoms with E-state index in [4.69, 9.17) is 9.15 Å². The molecular formula is C22H19NO4S. The van der Waals surface area contributed by atoms with E-state index in [1.807, 2.05) is 43.3 Å². The van der Waals surface area contributed by atoms with Crippen LogP contribution in [0, 0.1) is 0 Å². The normalized spacial score (nSPS) is 11.5. The number of fused-ring (bicyclic) bond motifs is 1. The molecule has 3 aromatic carbocycles. The van der Waals surface area contributed by atoms with Gasteiger partial charge in [-0.1, -0.05) is 30.3 Å². The van der Waals surface area contributed by atoms with Crippen LogP contribution in [0.15, 0.2) is 88.2 Å². The highest BCUT2D eigenvalue weighted by Gasteiger charge is 2.15. The highest BCUT2D eigenvalue weighted by Crippen LogP contribution is 2.30. The molecule has 5 nitrogen and oxygen atoms in total. The SMILES string of the molecule is CCOc1ccc(S(=O)(=O)Nc2ccc3oc(-c4ccccc4)cc3c2)cc1. The average molecular weight is 393 g/mol. The van der Waals surface area contributed by atoms with Gasteiger partial charge in [0.25, 0.3) is 10.0 Å². The highest BCUT2D eigenvalue weighted by atomic mass is 32.2. The minimum atomic E-state index is -3.70. The first kappa shape index (κ1) is 18.1. The van der Waals surface area contributed by atoms with Gasteiger partial charge in [0.15, 0.2) is 0 Å². The Bertz CT molecular complexity index is 1200. The first-order chi connectivity index (χ1) is 13.5. The van der Waals surface area contributed by atoms with E-state index in [9.17, 15) is 8.42 Å². The smallest absolute Gasteiger partial charge is 0.261 e. The van der Waals surface area contributed by atoms with Crippen molar-refractivity contribution < 1.29 is 17.6 Å². The van der Waals surface area contributed by atoms with Crippen LogP contribution < -0.4 is 9.46 Å². The van der Waals surface area contributed by atoms with Gasteiger partial charge in [-0.25, -0.2) is 8.42 Å². The summed E-state index contributed by atoms with van der Waals surface area (Å²) in [5, 5.41) is 0.825. The number of benzene rings is 3. The van der Waals surface area contributed by atoms with E-state index in [0.29, 0.717) is 23.6 Å². The van der Waals surface area contributed by atoms with E-state index in [0.717, 1.165) is 16.7 Å². The van der Waals surface area contributed by atoms with Crippen LogP contribution in [-0.4, -0.2) is 15.0 Å². The minimum Gasteiger partial charge on any atom is -0.494 e. The molecule has 4 aromatic rings. The number of nitrogens with one attached hydrogen (secondary N) is 1. The molecule has 6 heteroatoms. The predicted octanol–water partition coefficient (Wildman–Crippen LogP) is 5.30. The van der Waals surface area contributed by atoms with Gasteiger partial charge in [0.05, 0.1) is 11.5 Å². The van der Waals surface area contributed by atoms with Crippen molar-refractivity contribution in [3.8, 4) is 17.1 Å². The number of hydrogen-bond donors (Lipinski definition) is 1. The maximum atomic E-state index is 12.7. The van der Waals surface area contributed by atoms with Crippen LogP contribution in [0.4, 0.5) is 5.69 Å². The Kier molecular flexibility index (Phi) is 4.79. The Morgan fingerprint density at radius 2 is 1.68 bits per heavy atom. The summed E-state index contributed by atoms with van der Waals surface area (Å²) in [6.07, 6.45) is 0. The van der Waals surface area contributed by atoms with Crippen molar-refractivity contribution in [2.75, 3.05) is 11.3 Å². The van der Waals surface area contributed by atoms with Gasteiger partial charge in [-0.05, 0) is 55.5 Å². The molecule has 1 heterocycles. The molecule has 0 amide bonds. The van der Waals surface area contributed by atoms with Crippen LogP contribution in [0.2, 0.25) is 0 Å². The fourth-order valence-electron chi connectivity index (χ4n) is 2.95. The van der Waals surface area contributed by atoms with E-state index in [1.54, 1.807) is 30.3 Å². The Hall–Kier alpha value is -3.25. The topological polar surface area (TPSA) is 68.5 Å². The molecule has 0 fully saturated rings. The molecular weight excluding hydrogens is 374 g/mol. The fraction of sp³-hybridized carbons (Fsp3) is 0.0909. The van der Waals surface area contributed by atoms with Crippen molar-refractivity contribution >= 4 is 26.7 Å². The van der Waals surface area contributed by atoms with Crippen LogP contribution in [0.3, 0.4) is 0 Å². The van der Waals surface area contributed by atoms with E-state index in [2.05, 4.69) is 4.72 Å². The molecule has 1 N–H and O–H groups in total. The zero-order chi connectivity index (χ0) is 19.6. The van der Waals surface area contributed by atoms with Crippen LogP contribution in [0.1, 0.15) is 6.92 Å². The molecule has 4 rings (SSSR count). The Balaban J connectivity index is 1.60. The number of anilines is 1. The molecule has 0 saturated carbocycles. The van der Waals surface area contributed by atoms with Gasteiger partial charge in [-0.15, -0.1) is 0 Å². The average Bonchev–Trinajstić information content (AvgIpc) is 3.12. The summed E-state index contributed by atoms with van der Waals surface area (Å²) in [7, 11) is -3.70. The second-order valence-electron chi connectivity index (χ2n) is 6.24. The summed E-state index contributed by atoms with van der Waals surface area (Å²) < 4.78 is 39.2. The van der Waals surface area contributed by atoms with Gasteiger partial charge in [0.2, 0.25) is 0 Å². The maximum absolute atomic E-state index is 12.7. The molecule has 0 spiro atoms. The Labute approximate surface area is 163 Å². The molecule has 0 saturated heterocycles. The third-order valence-electron chi connectivity index (χ3n) is 4.27. The second-order valence-corrected chi connectivity index (χ2v) is 7.92. The number of hydrogen-bond acceptors (Lipinski definition) is 4. The second kappa shape index (κ2) is 7.40. The monoisotopic (exact) mass is 393 g/mol. The lowest BCUT2D eigenvalue weighted by Gasteiger charge is -2.09. The van der Waals surface area contributed by atoms with Crippen LogP contribution in [0.25, 0.3) is 22.3 Å². The molecule has 0 aliphatic carbocycles. The van der Waals surface area contributed by atoms with E-state index >= 15 is 0 Å². The summed E-state index contributed by atoms with van der Waals surface area (Å²) in [6, 6.07) is 23.2. The van der Waals surface area contributed by atoms with E-state index in [1.165, 1.54) is 12.1 Å². The van der Waals surface area contributed by atoms with Crippen molar-refractivity contribution in [1.82, 2.24) is 0 Å². The van der Waals surface area contributed by atoms with Crippen LogP contribution in [0.5, 0.6) is 5.75 Å². The lowest BCUT2D eigenvalue weighted by atomic mass is 10.1. The Morgan fingerprint density at radius 1 is 0.929 bits per heavy atom. The standard InChI is InChI=1S/C22H19NO4S/c1-2-26-19-9-11-20(12-10-19)28(24,25)23-18-8-13-21-17(14-18)15-22(27-21)16-6-4-3-5-7-16/h3-15,23H,2H2,1H3. The first-order valence-electron chi connectivity index (χ1n) is 8.90. The number of furan rings is 1. The molecule has 0 unspecified atom stereocenters. The van der Waals surface area contributed by atoms with Gasteiger partial charge in [-0.3, -0.25) is 4.72 Å². The van der Waals surface area contributed by atoms with Crippen molar-refractivity contribution in [2.45, 2.75) is 11.8 Å². The number of rotatable bonds is 6. The van der Waals surface area contributed by atoms with Crippen molar-refractivity contribution in [1.29, 1.82) is 0 Å².